The first kappa shape index (κ1) is 53.3. The van der Waals surface area contributed by atoms with Crippen molar-refractivity contribution in [2.24, 2.45) is 0 Å². The Bertz CT molecular complexity index is 6620. The van der Waals surface area contributed by atoms with E-state index in [4.69, 9.17) is 28.8 Å². The molecule has 0 saturated carbocycles. The molecule has 13 aromatic carbocycles. The minimum absolute atomic E-state index is 0.318. The summed E-state index contributed by atoms with van der Waals surface area (Å²) in [5, 5.41) is 12.7. The zero-order chi connectivity index (χ0) is 63.4. The molecule has 6 aromatic heterocycles. The first-order valence-corrected chi connectivity index (χ1v) is 33.0. The molecule has 2 aliphatic carbocycles. The molecule has 0 radical (unpaired) electrons. The van der Waals surface area contributed by atoms with Crippen molar-refractivity contribution in [2.45, 2.75) is 38.5 Å². The van der Waals surface area contributed by atoms with Crippen LogP contribution in [0.5, 0.6) is 0 Å². The van der Waals surface area contributed by atoms with Crippen LogP contribution in [0.2, 0.25) is 0 Å². The van der Waals surface area contributed by atoms with E-state index in [-0.39, 0.29) is 5.41 Å². The first-order valence-electron chi connectivity index (χ1n) is 33.0. The smallest absolute Gasteiger partial charge is 0.235 e. The number of benzene rings is 13. The van der Waals surface area contributed by atoms with Crippen LogP contribution in [0.15, 0.2) is 276 Å². The Hall–Kier alpha value is -12.3. The summed E-state index contributed by atoms with van der Waals surface area (Å²) in [6.07, 6.45) is 0. The molecule has 96 heavy (non-hydrogen) atoms. The molecule has 2 aliphatic rings. The third-order valence-electron chi connectivity index (χ3n) is 21.3. The molecule has 8 heteroatoms. The van der Waals surface area contributed by atoms with Crippen LogP contribution in [0.1, 0.15) is 49.9 Å². The molecule has 0 amide bonds. The highest BCUT2D eigenvalue weighted by Gasteiger charge is 2.44. The summed E-state index contributed by atoms with van der Waals surface area (Å²) in [5.41, 5.74) is 23.8. The van der Waals surface area contributed by atoms with Gasteiger partial charge in [-0.1, -0.05) is 258 Å². The van der Waals surface area contributed by atoms with Crippen LogP contribution in [-0.4, -0.2) is 29.1 Å². The van der Waals surface area contributed by atoms with Gasteiger partial charge in [0.05, 0.1) is 33.8 Å². The predicted octanol–water partition coefficient (Wildman–Crippen LogP) is 22.8. The summed E-state index contributed by atoms with van der Waals surface area (Å²) < 4.78 is 18.8. The molecular weight excluding hydrogens is 1170 g/mol. The number of nitrogens with zero attached hydrogens (tertiary/aromatic N) is 6. The van der Waals surface area contributed by atoms with Crippen LogP contribution < -0.4 is 0 Å². The maximum atomic E-state index is 7.20. The third kappa shape index (κ3) is 7.11. The van der Waals surface area contributed by atoms with Crippen LogP contribution in [0.3, 0.4) is 0 Å². The van der Waals surface area contributed by atoms with Crippen molar-refractivity contribution in [1.29, 1.82) is 0 Å². The second kappa shape index (κ2) is 19.2. The van der Waals surface area contributed by atoms with Crippen LogP contribution >= 0.6 is 0 Å². The van der Waals surface area contributed by atoms with Gasteiger partial charge in [-0.3, -0.25) is 9.13 Å². The van der Waals surface area contributed by atoms with Crippen LogP contribution in [0.25, 0.3) is 188 Å². The molecule has 0 saturated heterocycles. The van der Waals surface area contributed by atoms with Crippen molar-refractivity contribution in [3.05, 3.63) is 289 Å². The van der Waals surface area contributed by atoms with Crippen molar-refractivity contribution in [3.8, 4) is 79.2 Å². The van der Waals surface area contributed by atoms with E-state index < -0.39 is 5.41 Å². The predicted molar refractivity (Wildman–Crippen MR) is 393 cm³/mol. The monoisotopic (exact) mass is 1230 g/mol. The highest BCUT2D eigenvalue weighted by atomic mass is 16.3. The third-order valence-corrected chi connectivity index (χ3v) is 21.3. The van der Waals surface area contributed by atoms with Crippen LogP contribution in [-0.2, 0) is 10.8 Å². The Labute approximate surface area is 550 Å². The fourth-order valence-electron chi connectivity index (χ4n) is 17.0. The van der Waals surface area contributed by atoms with E-state index in [0.717, 1.165) is 171 Å². The molecule has 450 valence electrons. The summed E-state index contributed by atoms with van der Waals surface area (Å²) in [7, 11) is 0. The molecular formula is C88H56N6O2. The molecule has 19 aromatic rings. The standard InChI is InChI=1S/C88H56N6O2/c1-87(2)68-35-19-15-33-60(68)79-73(87)62-46-45-59-56-30-17-21-37-70(56)95-83(59)81(62)93(79)85-90-76(53-26-9-6-10-27-53)67-47-64(55-29-13-14-32-58(55)78(67)92-85)50-39-41-51(42-40-50)65-48-66-57-31-18-22-38-71(57)96-84(66)82-72(65)74-80(61-34-16-20-36-69(61)88(74,3)4)94(82)86-89-75(52-24-7-5-8-25-52)63-44-43-49-23-11-12-28-54(49)77(63)91-86/h5-48H,1-4H3. The van der Waals surface area contributed by atoms with Crippen LogP contribution in [0.4, 0.5) is 0 Å². The maximum Gasteiger partial charge on any atom is 0.235 e. The number of para-hydroxylation sites is 2. The quantitative estimate of drug-likeness (QED) is 0.154. The van der Waals surface area contributed by atoms with Gasteiger partial charge in [0.1, 0.15) is 22.2 Å². The number of hydrogen-bond donors (Lipinski definition) is 0. The van der Waals surface area contributed by atoms with E-state index in [1.54, 1.807) is 0 Å². The van der Waals surface area contributed by atoms with Gasteiger partial charge >= 0.3 is 0 Å². The Kier molecular flexibility index (Phi) is 10.6. The molecule has 0 atom stereocenters. The normalized spacial score (nSPS) is 13.8. The molecule has 0 spiro atoms. The summed E-state index contributed by atoms with van der Waals surface area (Å²) in [4.78, 5) is 23.1. The van der Waals surface area contributed by atoms with Gasteiger partial charge in [-0.05, 0) is 91.7 Å². The van der Waals surface area contributed by atoms with Crippen molar-refractivity contribution in [2.75, 3.05) is 0 Å². The largest absolute Gasteiger partial charge is 0.454 e. The van der Waals surface area contributed by atoms with Crippen molar-refractivity contribution < 1.29 is 8.83 Å². The Balaban J connectivity index is 0.811. The maximum absolute atomic E-state index is 7.20. The van der Waals surface area contributed by atoms with Crippen molar-refractivity contribution >= 4 is 109 Å². The number of hydrogen-bond acceptors (Lipinski definition) is 6. The molecule has 0 aliphatic heterocycles. The van der Waals surface area contributed by atoms with E-state index in [1.807, 2.05) is 6.07 Å². The van der Waals surface area contributed by atoms with Crippen LogP contribution in [0, 0.1) is 0 Å². The number of fused-ring (bicyclic) bond motifs is 24. The summed E-state index contributed by atoms with van der Waals surface area (Å²) >= 11 is 0. The lowest BCUT2D eigenvalue weighted by atomic mass is 9.80. The SMILES string of the molecule is CC1(C)c2ccccc2-c2c1c1ccc3c4ccccc4oc3c1n2-c1nc(-c2ccccc2)c2cc(-c3ccc(-c4cc5c6ccccc6oc5c5c4c4c(n5-c5nc(-c6ccccc6)c6ccc7ccccc7c6n5)-c5ccccc5C4(C)C)cc3)c3ccccc3c2n1. The zero-order valence-corrected chi connectivity index (χ0v) is 52.9. The summed E-state index contributed by atoms with van der Waals surface area (Å²) in [6, 6.07) is 95.8. The lowest BCUT2D eigenvalue weighted by molar-refractivity contribution is 0.665. The topological polar surface area (TPSA) is 87.7 Å². The number of rotatable bonds is 6. The second-order valence-corrected chi connectivity index (χ2v) is 27.1. The highest BCUT2D eigenvalue weighted by Crippen LogP contribution is 2.59. The lowest BCUT2D eigenvalue weighted by Crippen LogP contribution is -2.15. The van der Waals surface area contributed by atoms with Gasteiger partial charge in [0.15, 0.2) is 11.2 Å². The fraction of sp³-hybridized carbons (Fsp3) is 0.0682. The van der Waals surface area contributed by atoms with Gasteiger partial charge in [0, 0.05) is 86.9 Å². The van der Waals surface area contributed by atoms with E-state index in [0.29, 0.717) is 11.9 Å². The minimum atomic E-state index is -0.437. The van der Waals surface area contributed by atoms with E-state index in [2.05, 4.69) is 298 Å². The van der Waals surface area contributed by atoms with Gasteiger partial charge in [-0.25, -0.2) is 19.9 Å². The molecule has 0 N–H and O–H groups in total. The van der Waals surface area contributed by atoms with Gasteiger partial charge in [0.25, 0.3) is 0 Å². The minimum Gasteiger partial charge on any atom is -0.454 e. The molecule has 6 heterocycles. The zero-order valence-electron chi connectivity index (χ0n) is 52.9. The molecule has 0 unspecified atom stereocenters. The number of aromatic nitrogens is 6. The van der Waals surface area contributed by atoms with E-state index >= 15 is 0 Å². The Morgan fingerprint density at radius 2 is 0.760 bits per heavy atom. The van der Waals surface area contributed by atoms with Crippen molar-refractivity contribution in [1.82, 2.24) is 29.1 Å². The average Bonchev–Trinajstić information content (AvgIpc) is 1.52. The van der Waals surface area contributed by atoms with Gasteiger partial charge in [-0.2, -0.15) is 0 Å². The Morgan fingerprint density at radius 3 is 1.42 bits per heavy atom. The first-order chi connectivity index (χ1) is 47.2. The second-order valence-electron chi connectivity index (χ2n) is 27.1. The summed E-state index contributed by atoms with van der Waals surface area (Å²) in [5.74, 6) is 1.18. The Morgan fingerprint density at radius 1 is 0.302 bits per heavy atom. The molecule has 0 fully saturated rings. The van der Waals surface area contributed by atoms with E-state index in [1.165, 1.54) is 27.8 Å². The molecule has 8 nitrogen and oxygen atoms in total. The molecule has 0 bridgehead atoms. The highest BCUT2D eigenvalue weighted by molar-refractivity contribution is 6.23. The summed E-state index contributed by atoms with van der Waals surface area (Å²) in [6.45, 7) is 9.43. The van der Waals surface area contributed by atoms with E-state index in [9.17, 15) is 0 Å². The van der Waals surface area contributed by atoms with Gasteiger partial charge in [0.2, 0.25) is 11.9 Å². The van der Waals surface area contributed by atoms with Crippen molar-refractivity contribution in [3.63, 3.8) is 0 Å². The fourth-order valence-corrected chi connectivity index (χ4v) is 17.0. The van der Waals surface area contributed by atoms with Gasteiger partial charge < -0.3 is 8.83 Å². The number of furan rings is 2. The van der Waals surface area contributed by atoms with Gasteiger partial charge in [-0.15, -0.1) is 0 Å². The average molecular weight is 1230 g/mol. The molecule has 21 rings (SSSR count). The lowest BCUT2D eigenvalue weighted by Gasteiger charge is -2.22.